The van der Waals surface area contributed by atoms with Crippen LogP contribution in [0.4, 0.5) is 11.6 Å². The molecule has 2 aromatic rings. The maximum atomic E-state index is 12.8. The molecule has 170 valence electrons. The molecule has 3 heterocycles. The Bertz CT molecular complexity index is 1020. The van der Waals surface area contributed by atoms with E-state index in [1.807, 2.05) is 25.1 Å². The summed E-state index contributed by atoms with van der Waals surface area (Å²) in [4.78, 5) is 16.5. The summed E-state index contributed by atoms with van der Waals surface area (Å²) in [6.07, 6.45) is 1.69. The Balaban J connectivity index is 1.47. The first-order valence-electron chi connectivity index (χ1n) is 10.2. The van der Waals surface area contributed by atoms with Crippen molar-refractivity contribution >= 4 is 40.5 Å². The number of nitrogen functional groups attached to an aromatic ring is 1. The van der Waals surface area contributed by atoms with E-state index in [1.165, 1.54) is 0 Å². The fraction of sp³-hybridized carbons (Fsp3) is 0.400. The highest BCUT2D eigenvalue weighted by atomic mass is 32.2. The van der Waals surface area contributed by atoms with E-state index in [1.54, 1.807) is 6.08 Å². The highest BCUT2D eigenvalue weighted by Crippen LogP contribution is 2.37. The number of aromatic nitrogens is 2. The summed E-state index contributed by atoms with van der Waals surface area (Å²) in [6.45, 7) is 7.03. The SMILES string of the molecule is CCOc1cc(C=C2SC(=N)N(c3nonc3N)C2=O)ccc1OCCN1CCOCC1. The number of nitrogens with two attached hydrogens (primary N) is 1. The minimum absolute atomic E-state index is 0.00919. The van der Waals surface area contributed by atoms with Gasteiger partial charge in [-0.3, -0.25) is 15.1 Å². The molecule has 32 heavy (non-hydrogen) atoms. The van der Waals surface area contributed by atoms with E-state index >= 15 is 0 Å². The van der Waals surface area contributed by atoms with Gasteiger partial charge in [0.2, 0.25) is 11.6 Å². The first-order valence-corrected chi connectivity index (χ1v) is 11.0. The minimum Gasteiger partial charge on any atom is -0.490 e. The van der Waals surface area contributed by atoms with Gasteiger partial charge < -0.3 is 19.9 Å². The third-order valence-corrected chi connectivity index (χ3v) is 5.75. The van der Waals surface area contributed by atoms with Crippen LogP contribution >= 0.6 is 11.8 Å². The van der Waals surface area contributed by atoms with Crippen LogP contribution in [0.2, 0.25) is 0 Å². The Hall–Kier alpha value is -3.09. The first kappa shape index (κ1) is 22.1. The second-order valence-electron chi connectivity index (χ2n) is 6.97. The number of ether oxygens (including phenoxy) is 3. The summed E-state index contributed by atoms with van der Waals surface area (Å²) >= 11 is 1.00. The van der Waals surface area contributed by atoms with Gasteiger partial charge in [-0.05, 0) is 52.8 Å². The fourth-order valence-electron chi connectivity index (χ4n) is 3.29. The number of thioether (sulfide) groups is 1. The lowest BCUT2D eigenvalue weighted by molar-refractivity contribution is -0.113. The number of anilines is 2. The van der Waals surface area contributed by atoms with Gasteiger partial charge >= 0.3 is 0 Å². The van der Waals surface area contributed by atoms with Crippen LogP contribution in [-0.4, -0.2) is 72.3 Å². The standard InChI is InChI=1S/C20H24N6O5S/c1-2-29-15-11-13(3-4-14(15)30-10-7-25-5-8-28-9-6-25)12-16-19(27)26(20(22)32-16)18-17(21)23-31-24-18/h3-4,11-12,22H,2,5-10H2,1H3,(H2,21,23). The number of morpholine rings is 1. The molecule has 2 saturated heterocycles. The monoisotopic (exact) mass is 460 g/mol. The molecular weight excluding hydrogens is 436 g/mol. The van der Waals surface area contributed by atoms with Crippen LogP contribution in [-0.2, 0) is 9.53 Å². The van der Waals surface area contributed by atoms with Crippen LogP contribution < -0.4 is 20.1 Å². The molecule has 1 aromatic heterocycles. The molecule has 1 aromatic carbocycles. The topological polar surface area (TPSA) is 140 Å². The number of amides is 1. The number of hydrogen-bond donors (Lipinski definition) is 2. The zero-order valence-electron chi connectivity index (χ0n) is 17.6. The summed E-state index contributed by atoms with van der Waals surface area (Å²) in [6, 6.07) is 5.47. The van der Waals surface area contributed by atoms with Gasteiger partial charge in [0.25, 0.3) is 5.91 Å². The van der Waals surface area contributed by atoms with E-state index in [9.17, 15) is 4.79 Å². The van der Waals surface area contributed by atoms with Crippen LogP contribution in [0.15, 0.2) is 27.7 Å². The lowest BCUT2D eigenvalue weighted by Gasteiger charge is -2.26. The summed E-state index contributed by atoms with van der Waals surface area (Å²) < 4.78 is 21.6. The van der Waals surface area contributed by atoms with Crippen LogP contribution in [0.25, 0.3) is 6.08 Å². The molecule has 12 heteroatoms. The van der Waals surface area contributed by atoms with Crippen molar-refractivity contribution in [2.75, 3.05) is 56.7 Å². The number of benzene rings is 1. The Morgan fingerprint density at radius 2 is 2.06 bits per heavy atom. The van der Waals surface area contributed by atoms with Crippen molar-refractivity contribution in [3.8, 4) is 11.5 Å². The van der Waals surface area contributed by atoms with Gasteiger partial charge in [0.15, 0.2) is 16.7 Å². The van der Waals surface area contributed by atoms with E-state index in [0.29, 0.717) is 29.6 Å². The number of nitrogens with zero attached hydrogens (tertiary/aromatic N) is 4. The molecule has 0 aliphatic carbocycles. The lowest BCUT2D eigenvalue weighted by Crippen LogP contribution is -2.38. The third kappa shape index (κ3) is 4.87. The molecule has 0 spiro atoms. The molecule has 0 radical (unpaired) electrons. The Morgan fingerprint density at radius 3 is 2.78 bits per heavy atom. The molecule has 0 atom stereocenters. The number of carbonyl (C=O) groups is 1. The summed E-state index contributed by atoms with van der Waals surface area (Å²) in [5.74, 6) is 0.767. The van der Waals surface area contributed by atoms with E-state index < -0.39 is 5.91 Å². The van der Waals surface area contributed by atoms with Gasteiger partial charge in [0.05, 0.1) is 24.7 Å². The summed E-state index contributed by atoms with van der Waals surface area (Å²) in [7, 11) is 0. The maximum Gasteiger partial charge on any atom is 0.272 e. The highest BCUT2D eigenvalue weighted by molar-refractivity contribution is 8.19. The van der Waals surface area contributed by atoms with E-state index in [0.717, 1.165) is 55.1 Å². The molecule has 1 amide bonds. The van der Waals surface area contributed by atoms with Crippen molar-refractivity contribution in [3.05, 3.63) is 28.7 Å². The largest absolute Gasteiger partial charge is 0.490 e. The average Bonchev–Trinajstić information content (AvgIpc) is 3.32. The van der Waals surface area contributed by atoms with Gasteiger partial charge in [-0.25, -0.2) is 9.53 Å². The van der Waals surface area contributed by atoms with Crippen molar-refractivity contribution in [2.45, 2.75) is 6.92 Å². The molecule has 0 unspecified atom stereocenters. The molecule has 11 nitrogen and oxygen atoms in total. The quantitative estimate of drug-likeness (QED) is 0.561. The van der Waals surface area contributed by atoms with Gasteiger partial charge in [-0.15, -0.1) is 0 Å². The Kier molecular flexibility index (Phi) is 6.93. The molecule has 2 aliphatic heterocycles. The van der Waals surface area contributed by atoms with Gasteiger partial charge in [-0.2, -0.15) is 0 Å². The zero-order valence-corrected chi connectivity index (χ0v) is 18.4. The van der Waals surface area contributed by atoms with Crippen molar-refractivity contribution < 1.29 is 23.6 Å². The molecule has 2 aliphatic rings. The van der Waals surface area contributed by atoms with Crippen molar-refractivity contribution in [2.24, 2.45) is 0 Å². The summed E-state index contributed by atoms with van der Waals surface area (Å²) in [5.41, 5.74) is 6.42. The number of amidine groups is 1. The Morgan fingerprint density at radius 1 is 1.25 bits per heavy atom. The van der Waals surface area contributed by atoms with Gasteiger partial charge in [-0.1, -0.05) is 6.07 Å². The van der Waals surface area contributed by atoms with Crippen molar-refractivity contribution in [3.63, 3.8) is 0 Å². The van der Waals surface area contributed by atoms with E-state index in [2.05, 4.69) is 19.8 Å². The highest BCUT2D eigenvalue weighted by Gasteiger charge is 2.37. The first-order chi connectivity index (χ1) is 15.6. The normalized spacial score (nSPS) is 18.5. The molecule has 0 bridgehead atoms. The van der Waals surface area contributed by atoms with Gasteiger partial charge in [0.1, 0.15) is 6.61 Å². The smallest absolute Gasteiger partial charge is 0.272 e. The number of rotatable bonds is 8. The molecule has 4 rings (SSSR count). The van der Waals surface area contributed by atoms with Gasteiger partial charge in [0, 0.05) is 19.6 Å². The maximum absolute atomic E-state index is 12.8. The van der Waals surface area contributed by atoms with Crippen LogP contribution in [0, 0.1) is 5.41 Å². The van der Waals surface area contributed by atoms with E-state index in [4.69, 9.17) is 25.4 Å². The number of nitrogens with one attached hydrogen (secondary N) is 1. The second kappa shape index (κ2) is 10.0. The molecule has 2 fully saturated rings. The second-order valence-corrected chi connectivity index (χ2v) is 8.00. The van der Waals surface area contributed by atoms with E-state index in [-0.39, 0.29) is 16.8 Å². The fourth-order valence-corrected chi connectivity index (χ4v) is 4.13. The summed E-state index contributed by atoms with van der Waals surface area (Å²) in [5, 5.41) is 15.2. The molecule has 3 N–H and O–H groups in total. The van der Waals surface area contributed by atoms with Crippen LogP contribution in [0.3, 0.4) is 0 Å². The Labute approximate surface area is 188 Å². The zero-order chi connectivity index (χ0) is 22.5. The lowest BCUT2D eigenvalue weighted by atomic mass is 10.2. The molecule has 0 saturated carbocycles. The number of hydrogen-bond acceptors (Lipinski definition) is 11. The number of carbonyl (C=O) groups excluding carboxylic acids is 1. The predicted molar refractivity (Wildman–Crippen MR) is 120 cm³/mol. The third-order valence-electron chi connectivity index (χ3n) is 4.87. The average molecular weight is 461 g/mol. The van der Waals surface area contributed by atoms with Crippen LogP contribution in [0.1, 0.15) is 12.5 Å². The molecular formula is C20H24N6O5S. The van der Waals surface area contributed by atoms with Crippen molar-refractivity contribution in [1.82, 2.24) is 15.2 Å². The predicted octanol–water partition coefficient (Wildman–Crippen LogP) is 1.82. The van der Waals surface area contributed by atoms with Crippen LogP contribution in [0.5, 0.6) is 11.5 Å². The minimum atomic E-state index is -0.425. The van der Waals surface area contributed by atoms with Crippen molar-refractivity contribution in [1.29, 1.82) is 5.41 Å².